The molecule has 96 valence electrons. The zero-order valence-electron chi connectivity index (χ0n) is 10.4. The molecule has 2 aromatic carbocycles. The second-order valence-electron chi connectivity index (χ2n) is 4.07. The first-order valence-electron chi connectivity index (χ1n) is 5.81. The van der Waals surface area contributed by atoms with Gasteiger partial charge < -0.3 is 0 Å². The summed E-state index contributed by atoms with van der Waals surface area (Å²) >= 11 is 5.85. The molecule has 0 aliphatic heterocycles. The SMILES string of the molecule is Cc1ccccc1C(=O)NN=Cc1cccc(Cl)c1. The molecule has 0 heterocycles. The van der Waals surface area contributed by atoms with Gasteiger partial charge in [-0.15, -0.1) is 0 Å². The van der Waals surface area contributed by atoms with E-state index in [1.54, 1.807) is 24.4 Å². The number of hydrogen-bond donors (Lipinski definition) is 1. The monoisotopic (exact) mass is 272 g/mol. The molecule has 0 saturated carbocycles. The van der Waals surface area contributed by atoms with Gasteiger partial charge in [-0.05, 0) is 36.2 Å². The van der Waals surface area contributed by atoms with Crippen molar-refractivity contribution in [2.24, 2.45) is 5.10 Å². The molecular weight excluding hydrogens is 260 g/mol. The van der Waals surface area contributed by atoms with Crippen LogP contribution in [0.3, 0.4) is 0 Å². The van der Waals surface area contributed by atoms with E-state index in [4.69, 9.17) is 11.6 Å². The van der Waals surface area contributed by atoms with Gasteiger partial charge in [0.05, 0.1) is 6.21 Å². The molecule has 0 aliphatic carbocycles. The van der Waals surface area contributed by atoms with Crippen molar-refractivity contribution in [1.82, 2.24) is 5.43 Å². The zero-order chi connectivity index (χ0) is 13.7. The lowest BCUT2D eigenvalue weighted by molar-refractivity contribution is 0.0954. The molecule has 0 atom stereocenters. The van der Waals surface area contributed by atoms with Gasteiger partial charge in [0.25, 0.3) is 5.91 Å². The smallest absolute Gasteiger partial charge is 0.267 e. The van der Waals surface area contributed by atoms with Crippen molar-refractivity contribution in [3.8, 4) is 0 Å². The molecule has 4 heteroatoms. The molecule has 1 N–H and O–H groups in total. The van der Waals surface area contributed by atoms with Crippen molar-refractivity contribution >= 4 is 23.7 Å². The lowest BCUT2D eigenvalue weighted by Gasteiger charge is -2.02. The van der Waals surface area contributed by atoms with E-state index >= 15 is 0 Å². The molecule has 0 bridgehead atoms. The predicted molar refractivity (Wildman–Crippen MR) is 77.7 cm³/mol. The Kier molecular flexibility index (Phi) is 4.31. The van der Waals surface area contributed by atoms with Crippen molar-refractivity contribution in [2.45, 2.75) is 6.92 Å². The van der Waals surface area contributed by atoms with E-state index in [-0.39, 0.29) is 5.91 Å². The Morgan fingerprint density at radius 3 is 2.74 bits per heavy atom. The minimum absolute atomic E-state index is 0.226. The van der Waals surface area contributed by atoms with Crippen LogP contribution in [0.25, 0.3) is 0 Å². The van der Waals surface area contributed by atoms with Gasteiger partial charge in [-0.25, -0.2) is 5.43 Å². The number of nitrogens with one attached hydrogen (secondary N) is 1. The molecule has 3 nitrogen and oxygen atoms in total. The molecule has 2 aromatic rings. The third-order valence-electron chi connectivity index (χ3n) is 2.62. The van der Waals surface area contributed by atoms with Crippen molar-refractivity contribution < 1.29 is 4.79 Å². The van der Waals surface area contributed by atoms with Crippen molar-refractivity contribution in [2.75, 3.05) is 0 Å². The van der Waals surface area contributed by atoms with Crippen molar-refractivity contribution in [3.05, 3.63) is 70.2 Å². The highest BCUT2D eigenvalue weighted by molar-refractivity contribution is 6.30. The maximum atomic E-state index is 11.9. The average molecular weight is 273 g/mol. The van der Waals surface area contributed by atoms with E-state index in [2.05, 4.69) is 10.5 Å². The van der Waals surface area contributed by atoms with Gasteiger partial charge in [-0.3, -0.25) is 4.79 Å². The van der Waals surface area contributed by atoms with Gasteiger partial charge >= 0.3 is 0 Å². The summed E-state index contributed by atoms with van der Waals surface area (Å²) in [6.45, 7) is 1.88. The van der Waals surface area contributed by atoms with Crippen LogP contribution in [0.15, 0.2) is 53.6 Å². The number of carbonyl (C=O) groups is 1. The van der Waals surface area contributed by atoms with Crippen LogP contribution in [-0.2, 0) is 0 Å². The van der Waals surface area contributed by atoms with Crippen LogP contribution in [0, 0.1) is 6.92 Å². The van der Waals surface area contributed by atoms with Crippen LogP contribution in [0.5, 0.6) is 0 Å². The Bertz CT molecular complexity index is 623. The quantitative estimate of drug-likeness (QED) is 0.675. The normalized spacial score (nSPS) is 10.6. The number of hydrogen-bond acceptors (Lipinski definition) is 2. The predicted octanol–water partition coefficient (Wildman–Crippen LogP) is 3.41. The van der Waals surface area contributed by atoms with Crippen LogP contribution < -0.4 is 5.43 Å². The molecule has 0 radical (unpaired) electrons. The van der Waals surface area contributed by atoms with E-state index in [0.717, 1.165) is 11.1 Å². The zero-order valence-corrected chi connectivity index (χ0v) is 11.2. The molecule has 0 aromatic heterocycles. The molecule has 0 fully saturated rings. The third-order valence-corrected chi connectivity index (χ3v) is 2.85. The number of halogens is 1. The number of aryl methyl sites for hydroxylation is 1. The van der Waals surface area contributed by atoms with Crippen molar-refractivity contribution in [3.63, 3.8) is 0 Å². The first-order valence-corrected chi connectivity index (χ1v) is 6.19. The molecule has 2 rings (SSSR count). The number of rotatable bonds is 3. The van der Waals surface area contributed by atoms with E-state index in [1.165, 1.54) is 0 Å². The summed E-state index contributed by atoms with van der Waals surface area (Å²) in [5.41, 5.74) is 4.86. The van der Waals surface area contributed by atoms with E-state index in [0.29, 0.717) is 10.6 Å². The topological polar surface area (TPSA) is 41.5 Å². The highest BCUT2D eigenvalue weighted by Gasteiger charge is 2.05. The summed E-state index contributed by atoms with van der Waals surface area (Å²) in [5.74, 6) is -0.226. The van der Waals surface area contributed by atoms with E-state index in [9.17, 15) is 4.79 Å². The fourth-order valence-electron chi connectivity index (χ4n) is 1.64. The van der Waals surface area contributed by atoms with Gasteiger partial charge in [0.2, 0.25) is 0 Å². The Hall–Kier alpha value is -2.13. The molecule has 19 heavy (non-hydrogen) atoms. The third kappa shape index (κ3) is 3.66. The van der Waals surface area contributed by atoms with Crippen molar-refractivity contribution in [1.29, 1.82) is 0 Å². The summed E-state index contributed by atoms with van der Waals surface area (Å²) < 4.78 is 0. The van der Waals surface area contributed by atoms with Gasteiger partial charge in [-0.2, -0.15) is 5.10 Å². The standard InChI is InChI=1S/C15H13ClN2O/c1-11-5-2-3-8-14(11)15(19)18-17-10-12-6-4-7-13(16)9-12/h2-10H,1H3,(H,18,19). The van der Waals surface area contributed by atoms with Gasteiger partial charge in [-0.1, -0.05) is 41.9 Å². The second-order valence-corrected chi connectivity index (χ2v) is 4.51. The maximum absolute atomic E-state index is 11.9. The summed E-state index contributed by atoms with van der Waals surface area (Å²) in [4.78, 5) is 11.9. The minimum Gasteiger partial charge on any atom is -0.267 e. The minimum atomic E-state index is -0.226. The molecule has 1 amide bonds. The van der Waals surface area contributed by atoms with E-state index in [1.807, 2.05) is 37.3 Å². The summed E-state index contributed by atoms with van der Waals surface area (Å²) in [6.07, 6.45) is 1.56. The van der Waals surface area contributed by atoms with Gasteiger partial charge in [0.1, 0.15) is 0 Å². The molecule has 0 aliphatic rings. The van der Waals surface area contributed by atoms with E-state index < -0.39 is 0 Å². The molecular formula is C15H13ClN2O. The summed E-state index contributed by atoms with van der Waals surface area (Å²) in [6, 6.07) is 14.6. The van der Waals surface area contributed by atoms with Crippen LogP contribution in [0.4, 0.5) is 0 Å². The van der Waals surface area contributed by atoms with Crippen LogP contribution >= 0.6 is 11.6 Å². The average Bonchev–Trinajstić information content (AvgIpc) is 2.39. The number of benzene rings is 2. The molecule has 0 unspecified atom stereocenters. The fraction of sp³-hybridized carbons (Fsp3) is 0.0667. The number of nitrogens with zero attached hydrogens (tertiary/aromatic N) is 1. The molecule has 0 saturated heterocycles. The lowest BCUT2D eigenvalue weighted by Crippen LogP contribution is -2.18. The second kappa shape index (κ2) is 6.16. The van der Waals surface area contributed by atoms with Gasteiger partial charge in [0, 0.05) is 10.6 Å². The highest BCUT2D eigenvalue weighted by atomic mass is 35.5. The Morgan fingerprint density at radius 2 is 2.00 bits per heavy atom. The number of hydrazone groups is 1. The fourth-order valence-corrected chi connectivity index (χ4v) is 1.84. The van der Waals surface area contributed by atoms with Crippen LogP contribution in [0.2, 0.25) is 5.02 Å². The number of amides is 1. The Labute approximate surface area is 116 Å². The lowest BCUT2D eigenvalue weighted by atomic mass is 10.1. The first-order chi connectivity index (χ1) is 9.16. The molecule has 0 spiro atoms. The highest BCUT2D eigenvalue weighted by Crippen LogP contribution is 2.09. The largest absolute Gasteiger partial charge is 0.271 e. The summed E-state index contributed by atoms with van der Waals surface area (Å²) in [5, 5.41) is 4.55. The van der Waals surface area contributed by atoms with Gasteiger partial charge in [0.15, 0.2) is 0 Å². The first kappa shape index (κ1) is 13.3. The Balaban J connectivity index is 2.03. The van der Waals surface area contributed by atoms with Crippen LogP contribution in [0.1, 0.15) is 21.5 Å². The summed E-state index contributed by atoms with van der Waals surface area (Å²) in [7, 11) is 0. The van der Waals surface area contributed by atoms with Crippen LogP contribution in [-0.4, -0.2) is 12.1 Å². The Morgan fingerprint density at radius 1 is 1.21 bits per heavy atom. The maximum Gasteiger partial charge on any atom is 0.271 e. The number of carbonyl (C=O) groups excluding carboxylic acids is 1.